The van der Waals surface area contributed by atoms with Crippen molar-refractivity contribution < 1.29 is 15.0 Å². The maximum atomic E-state index is 11.0. The molecule has 1 saturated carbocycles. The van der Waals surface area contributed by atoms with Crippen LogP contribution < -0.4 is 0 Å². The van der Waals surface area contributed by atoms with Crippen molar-refractivity contribution in [3.8, 4) is 11.4 Å². The Balaban J connectivity index is 1.80. The number of carboxylic acids is 1. The van der Waals surface area contributed by atoms with Crippen LogP contribution in [0.3, 0.4) is 0 Å². The summed E-state index contributed by atoms with van der Waals surface area (Å²) in [5.74, 6) is -0.927. The van der Waals surface area contributed by atoms with Gasteiger partial charge in [0.15, 0.2) is 0 Å². The number of phenols is 1. The van der Waals surface area contributed by atoms with Gasteiger partial charge in [-0.15, -0.1) is 5.10 Å². The van der Waals surface area contributed by atoms with Crippen LogP contribution in [0, 0.1) is 5.92 Å². The highest BCUT2D eigenvalue weighted by Crippen LogP contribution is 2.40. The molecular weight excluding hydrogens is 280 g/mol. The van der Waals surface area contributed by atoms with Crippen molar-refractivity contribution in [3.05, 3.63) is 24.3 Å². The average molecular weight is 292 g/mol. The molecule has 3 rings (SSSR count). The minimum atomic E-state index is -0.766. The van der Waals surface area contributed by atoms with E-state index < -0.39 is 5.97 Å². The summed E-state index contributed by atoms with van der Waals surface area (Å²) in [7, 11) is 0. The van der Waals surface area contributed by atoms with Gasteiger partial charge in [0.25, 0.3) is 0 Å². The highest BCUT2D eigenvalue weighted by molar-refractivity contribution is 7.99. The van der Waals surface area contributed by atoms with Gasteiger partial charge in [0.1, 0.15) is 5.75 Å². The van der Waals surface area contributed by atoms with Crippen LogP contribution in [0.5, 0.6) is 5.75 Å². The lowest BCUT2D eigenvalue weighted by Gasteiger charge is -2.31. The van der Waals surface area contributed by atoms with E-state index in [2.05, 4.69) is 15.5 Å². The van der Waals surface area contributed by atoms with Gasteiger partial charge in [0, 0.05) is 5.25 Å². The Kier molecular flexibility index (Phi) is 3.31. The fraction of sp³-hybridized carbons (Fsp3) is 0.333. The molecule has 2 aromatic rings. The SMILES string of the molecule is O=C(O)C1CCC1Sc1nnnn1-c1ccc(O)cc1. The Bertz CT molecular complexity index is 628. The number of carbonyl (C=O) groups is 1. The molecule has 104 valence electrons. The summed E-state index contributed by atoms with van der Waals surface area (Å²) in [6.07, 6.45) is 1.55. The molecule has 0 radical (unpaired) electrons. The van der Waals surface area contributed by atoms with Crippen molar-refractivity contribution in [3.63, 3.8) is 0 Å². The lowest BCUT2D eigenvalue weighted by molar-refractivity contribution is -0.144. The molecule has 1 aliphatic rings. The van der Waals surface area contributed by atoms with Gasteiger partial charge in [0.2, 0.25) is 5.16 Å². The van der Waals surface area contributed by atoms with Gasteiger partial charge in [-0.1, -0.05) is 11.8 Å². The Labute approximate surface area is 118 Å². The molecule has 1 aliphatic carbocycles. The molecule has 0 bridgehead atoms. The molecule has 20 heavy (non-hydrogen) atoms. The second-order valence-corrected chi connectivity index (χ2v) is 5.77. The molecule has 7 nitrogen and oxygen atoms in total. The molecule has 0 aliphatic heterocycles. The minimum absolute atomic E-state index is 0.00867. The summed E-state index contributed by atoms with van der Waals surface area (Å²) in [5.41, 5.74) is 0.724. The van der Waals surface area contributed by atoms with E-state index in [1.165, 1.54) is 11.8 Å². The van der Waals surface area contributed by atoms with Crippen LogP contribution in [0.4, 0.5) is 0 Å². The molecule has 1 fully saturated rings. The third-order valence-corrected chi connectivity index (χ3v) is 4.65. The van der Waals surface area contributed by atoms with Gasteiger partial charge < -0.3 is 10.2 Å². The summed E-state index contributed by atoms with van der Waals surface area (Å²) >= 11 is 1.38. The van der Waals surface area contributed by atoms with Gasteiger partial charge in [-0.2, -0.15) is 4.68 Å². The first kappa shape index (κ1) is 12.9. The molecule has 2 unspecified atom stereocenters. The van der Waals surface area contributed by atoms with Crippen molar-refractivity contribution in [2.45, 2.75) is 23.2 Å². The molecule has 2 N–H and O–H groups in total. The zero-order valence-corrected chi connectivity index (χ0v) is 11.2. The summed E-state index contributed by atoms with van der Waals surface area (Å²) in [4.78, 5) is 11.0. The van der Waals surface area contributed by atoms with Gasteiger partial charge >= 0.3 is 5.97 Å². The van der Waals surface area contributed by atoms with Crippen molar-refractivity contribution in [2.75, 3.05) is 0 Å². The smallest absolute Gasteiger partial charge is 0.307 e. The number of aromatic nitrogens is 4. The van der Waals surface area contributed by atoms with Crippen LogP contribution in [0.25, 0.3) is 5.69 Å². The van der Waals surface area contributed by atoms with Crippen LogP contribution in [-0.2, 0) is 4.79 Å². The molecule has 8 heteroatoms. The number of aliphatic carboxylic acids is 1. The molecule has 0 saturated heterocycles. The van der Waals surface area contributed by atoms with E-state index in [0.717, 1.165) is 12.1 Å². The third-order valence-electron chi connectivity index (χ3n) is 3.32. The van der Waals surface area contributed by atoms with Crippen molar-refractivity contribution in [1.29, 1.82) is 0 Å². The van der Waals surface area contributed by atoms with Gasteiger partial charge in [-0.3, -0.25) is 4.79 Å². The number of benzene rings is 1. The monoisotopic (exact) mass is 292 g/mol. The van der Waals surface area contributed by atoms with Crippen LogP contribution in [0.1, 0.15) is 12.8 Å². The van der Waals surface area contributed by atoms with Crippen molar-refractivity contribution in [1.82, 2.24) is 20.2 Å². The zero-order valence-electron chi connectivity index (χ0n) is 10.4. The predicted molar refractivity (Wildman–Crippen MR) is 70.8 cm³/mol. The van der Waals surface area contributed by atoms with E-state index in [1.807, 2.05) is 0 Å². The lowest BCUT2D eigenvalue weighted by Crippen LogP contribution is -2.35. The quantitative estimate of drug-likeness (QED) is 0.876. The first-order valence-corrected chi connectivity index (χ1v) is 7.00. The number of rotatable bonds is 4. The maximum Gasteiger partial charge on any atom is 0.307 e. The number of tetrazole rings is 1. The summed E-state index contributed by atoms with van der Waals surface area (Å²) in [5, 5.41) is 30.4. The maximum absolute atomic E-state index is 11.0. The number of phenolic OH excluding ortho intramolecular Hbond substituents is 1. The van der Waals surface area contributed by atoms with Gasteiger partial charge in [-0.05, 0) is 47.5 Å². The van der Waals surface area contributed by atoms with Crippen LogP contribution in [-0.4, -0.2) is 41.6 Å². The predicted octanol–water partition coefficient (Wildman–Crippen LogP) is 1.32. The van der Waals surface area contributed by atoms with E-state index in [4.69, 9.17) is 5.11 Å². The minimum Gasteiger partial charge on any atom is -0.508 e. The molecule has 1 heterocycles. The Morgan fingerprint density at radius 1 is 1.30 bits per heavy atom. The average Bonchev–Trinajstić information content (AvgIpc) is 2.83. The number of nitrogens with zero attached hydrogens (tertiary/aromatic N) is 4. The standard InChI is InChI=1S/C12H12N4O3S/c17-8-3-1-7(2-4-8)16-12(13-14-15-16)20-10-6-5-9(10)11(18)19/h1-4,9-10,17H,5-6H2,(H,18,19). The lowest BCUT2D eigenvalue weighted by atomic mass is 9.85. The van der Waals surface area contributed by atoms with E-state index in [9.17, 15) is 9.90 Å². The summed E-state index contributed by atoms with van der Waals surface area (Å²) in [6, 6.07) is 6.50. The first-order valence-electron chi connectivity index (χ1n) is 6.12. The zero-order chi connectivity index (χ0) is 14.1. The molecule has 1 aromatic heterocycles. The third kappa shape index (κ3) is 2.34. The van der Waals surface area contributed by atoms with Crippen LogP contribution >= 0.6 is 11.8 Å². The normalized spacial score (nSPS) is 21.4. The Hall–Kier alpha value is -2.09. The Morgan fingerprint density at radius 3 is 2.65 bits per heavy atom. The number of hydrogen-bond acceptors (Lipinski definition) is 6. The second-order valence-electron chi connectivity index (χ2n) is 4.57. The highest BCUT2D eigenvalue weighted by Gasteiger charge is 2.38. The van der Waals surface area contributed by atoms with E-state index in [1.54, 1.807) is 28.9 Å². The fourth-order valence-corrected chi connectivity index (χ4v) is 3.30. The van der Waals surface area contributed by atoms with Crippen molar-refractivity contribution >= 4 is 17.7 Å². The second kappa shape index (κ2) is 5.12. The van der Waals surface area contributed by atoms with Crippen LogP contribution in [0.15, 0.2) is 29.4 Å². The number of aromatic hydroxyl groups is 1. The topological polar surface area (TPSA) is 101 Å². The summed E-state index contributed by atoms with van der Waals surface area (Å²) < 4.78 is 1.54. The summed E-state index contributed by atoms with van der Waals surface area (Å²) in [6.45, 7) is 0. The number of carboxylic acid groups (broad SMARTS) is 1. The molecule has 0 amide bonds. The molecule has 2 atom stereocenters. The fourth-order valence-electron chi connectivity index (χ4n) is 2.04. The number of thioether (sulfide) groups is 1. The largest absolute Gasteiger partial charge is 0.508 e. The van der Waals surface area contributed by atoms with E-state index in [-0.39, 0.29) is 16.9 Å². The van der Waals surface area contributed by atoms with Crippen LogP contribution in [0.2, 0.25) is 0 Å². The number of hydrogen-bond donors (Lipinski definition) is 2. The van der Waals surface area contributed by atoms with E-state index >= 15 is 0 Å². The van der Waals surface area contributed by atoms with E-state index in [0.29, 0.717) is 11.6 Å². The van der Waals surface area contributed by atoms with Crippen molar-refractivity contribution in [2.24, 2.45) is 5.92 Å². The first-order chi connectivity index (χ1) is 9.65. The molecule has 1 aromatic carbocycles. The van der Waals surface area contributed by atoms with Gasteiger partial charge in [-0.25, -0.2) is 0 Å². The molecule has 0 spiro atoms. The molecular formula is C12H12N4O3S. The van der Waals surface area contributed by atoms with Gasteiger partial charge in [0.05, 0.1) is 11.6 Å². The Morgan fingerprint density at radius 2 is 2.05 bits per heavy atom. The highest BCUT2D eigenvalue weighted by atomic mass is 32.2.